The van der Waals surface area contributed by atoms with Gasteiger partial charge in [0.25, 0.3) is 0 Å². The average Bonchev–Trinajstić information content (AvgIpc) is 2.86. The molecule has 20 heavy (non-hydrogen) atoms. The molecule has 2 N–H and O–H groups in total. The van der Waals surface area contributed by atoms with E-state index in [1.165, 1.54) is 12.1 Å². The molecule has 8 heteroatoms. The molecule has 1 fully saturated rings. The Morgan fingerprint density at radius 2 is 2.10 bits per heavy atom. The van der Waals surface area contributed by atoms with Gasteiger partial charge in [0, 0.05) is 13.0 Å². The maximum atomic E-state index is 11.3. The molecule has 2 rings (SSSR count). The van der Waals surface area contributed by atoms with Crippen molar-refractivity contribution in [3.63, 3.8) is 0 Å². The van der Waals surface area contributed by atoms with Crippen molar-refractivity contribution < 1.29 is 17.9 Å². The zero-order chi connectivity index (χ0) is 14.8. The summed E-state index contributed by atoms with van der Waals surface area (Å²) in [5, 5.41) is 4.96. The number of benzene rings is 1. The molecule has 1 aliphatic heterocycles. The number of rotatable bonds is 5. The maximum Gasteiger partial charge on any atom is 0.239 e. The average molecular weight is 340 g/mol. The van der Waals surface area contributed by atoms with Crippen LogP contribution in [0.5, 0.6) is 5.75 Å². The molecule has 0 aliphatic carbocycles. The maximum absolute atomic E-state index is 11.3. The van der Waals surface area contributed by atoms with Gasteiger partial charge in [-0.15, -0.1) is 0 Å². The normalized spacial score (nSPS) is 19.2. The standard InChI is InChI=1S/C12H15Cl2NO4S/c13-11-9(19-7-5-8-2-1-6-18-8)3-4-10(12(11)14)20(15,16)17/h3-4,8H,1-2,5-7H2,(H2,15,16,17). The molecule has 0 aromatic heterocycles. The molecule has 1 unspecified atom stereocenters. The van der Waals surface area contributed by atoms with Crippen molar-refractivity contribution in [1.82, 2.24) is 0 Å². The van der Waals surface area contributed by atoms with Crippen LogP contribution in [0.4, 0.5) is 0 Å². The number of primary sulfonamides is 1. The molecule has 112 valence electrons. The number of nitrogens with two attached hydrogens (primary N) is 1. The van der Waals surface area contributed by atoms with E-state index in [1.54, 1.807) is 0 Å². The topological polar surface area (TPSA) is 78.6 Å². The molecule has 0 radical (unpaired) electrons. The van der Waals surface area contributed by atoms with Crippen LogP contribution >= 0.6 is 23.2 Å². The summed E-state index contributed by atoms with van der Waals surface area (Å²) in [5.74, 6) is 0.335. The second-order valence-electron chi connectivity index (χ2n) is 4.51. The fourth-order valence-corrected chi connectivity index (χ4v) is 3.38. The van der Waals surface area contributed by atoms with Crippen molar-refractivity contribution in [3.05, 3.63) is 22.2 Å². The van der Waals surface area contributed by atoms with Gasteiger partial charge >= 0.3 is 0 Å². The minimum Gasteiger partial charge on any atom is -0.492 e. The monoisotopic (exact) mass is 339 g/mol. The quantitative estimate of drug-likeness (QED) is 0.894. The lowest BCUT2D eigenvalue weighted by molar-refractivity contribution is 0.0903. The van der Waals surface area contributed by atoms with Gasteiger partial charge in [-0.05, 0) is 25.0 Å². The van der Waals surface area contributed by atoms with E-state index in [0.717, 1.165) is 25.9 Å². The third-order valence-electron chi connectivity index (χ3n) is 3.04. The van der Waals surface area contributed by atoms with Gasteiger partial charge in [0.05, 0.1) is 17.7 Å². The van der Waals surface area contributed by atoms with Crippen LogP contribution in [0.25, 0.3) is 0 Å². The highest BCUT2D eigenvalue weighted by atomic mass is 35.5. The fourth-order valence-electron chi connectivity index (χ4n) is 2.02. The third kappa shape index (κ3) is 3.77. The summed E-state index contributed by atoms with van der Waals surface area (Å²) in [6.07, 6.45) is 3.07. The zero-order valence-corrected chi connectivity index (χ0v) is 13.0. The SMILES string of the molecule is NS(=O)(=O)c1ccc(OCCC2CCCO2)c(Cl)c1Cl. The van der Waals surface area contributed by atoms with Crippen LogP contribution in [-0.2, 0) is 14.8 Å². The molecule has 1 aromatic carbocycles. The summed E-state index contributed by atoms with van der Waals surface area (Å²) in [6, 6.07) is 2.73. The number of ether oxygens (including phenoxy) is 2. The first-order chi connectivity index (χ1) is 9.39. The van der Waals surface area contributed by atoms with Crippen LogP contribution in [0, 0.1) is 0 Å². The van der Waals surface area contributed by atoms with Crippen LogP contribution < -0.4 is 9.88 Å². The van der Waals surface area contributed by atoms with Gasteiger partial charge in [0.15, 0.2) is 0 Å². The first kappa shape index (κ1) is 15.9. The first-order valence-electron chi connectivity index (χ1n) is 6.15. The number of hydrogen-bond donors (Lipinski definition) is 1. The van der Waals surface area contributed by atoms with Crippen molar-refractivity contribution in [2.75, 3.05) is 13.2 Å². The summed E-state index contributed by atoms with van der Waals surface area (Å²) in [5.41, 5.74) is 0. The summed E-state index contributed by atoms with van der Waals surface area (Å²) < 4.78 is 33.6. The lowest BCUT2D eigenvalue weighted by Crippen LogP contribution is -2.13. The van der Waals surface area contributed by atoms with Crippen LogP contribution in [0.1, 0.15) is 19.3 Å². The van der Waals surface area contributed by atoms with Gasteiger partial charge in [-0.1, -0.05) is 23.2 Å². The molecule has 1 saturated heterocycles. The van der Waals surface area contributed by atoms with Gasteiger partial charge in [-0.3, -0.25) is 0 Å². The Balaban J connectivity index is 2.04. The highest BCUT2D eigenvalue weighted by Gasteiger charge is 2.19. The van der Waals surface area contributed by atoms with Gasteiger partial charge in [0.1, 0.15) is 15.7 Å². The van der Waals surface area contributed by atoms with Crippen molar-refractivity contribution in [2.24, 2.45) is 5.14 Å². The van der Waals surface area contributed by atoms with Crippen molar-refractivity contribution in [2.45, 2.75) is 30.3 Å². The predicted molar refractivity (Wildman–Crippen MR) is 76.9 cm³/mol. The summed E-state index contributed by atoms with van der Waals surface area (Å²) in [6.45, 7) is 1.22. The molecule has 0 spiro atoms. The highest BCUT2D eigenvalue weighted by Crippen LogP contribution is 2.36. The van der Waals surface area contributed by atoms with E-state index in [2.05, 4.69) is 0 Å². The van der Waals surface area contributed by atoms with Gasteiger partial charge in [-0.25, -0.2) is 13.6 Å². The molecular formula is C12H15Cl2NO4S. The molecule has 0 bridgehead atoms. The zero-order valence-electron chi connectivity index (χ0n) is 10.6. The molecule has 0 saturated carbocycles. The van der Waals surface area contributed by atoms with E-state index < -0.39 is 10.0 Å². The summed E-state index contributed by atoms with van der Waals surface area (Å²) in [4.78, 5) is -0.212. The van der Waals surface area contributed by atoms with E-state index in [1.807, 2.05) is 0 Å². The molecule has 1 aliphatic rings. The lowest BCUT2D eigenvalue weighted by atomic mass is 10.2. The van der Waals surface area contributed by atoms with Crippen LogP contribution in [0.2, 0.25) is 10.0 Å². The van der Waals surface area contributed by atoms with E-state index in [0.29, 0.717) is 12.4 Å². The first-order valence-corrected chi connectivity index (χ1v) is 8.45. The second-order valence-corrected chi connectivity index (χ2v) is 6.79. The Labute approximate surface area is 128 Å². The molecule has 0 amide bonds. The molecule has 5 nitrogen and oxygen atoms in total. The smallest absolute Gasteiger partial charge is 0.239 e. The van der Waals surface area contributed by atoms with E-state index in [4.69, 9.17) is 37.8 Å². The summed E-state index contributed by atoms with van der Waals surface area (Å²) in [7, 11) is -3.90. The minimum atomic E-state index is -3.90. The van der Waals surface area contributed by atoms with Crippen molar-refractivity contribution in [1.29, 1.82) is 0 Å². The van der Waals surface area contributed by atoms with Gasteiger partial charge in [0.2, 0.25) is 10.0 Å². The lowest BCUT2D eigenvalue weighted by Gasteiger charge is -2.13. The van der Waals surface area contributed by atoms with E-state index in [9.17, 15) is 8.42 Å². The largest absolute Gasteiger partial charge is 0.492 e. The van der Waals surface area contributed by atoms with Crippen molar-refractivity contribution in [3.8, 4) is 5.75 Å². The molecule has 1 atom stereocenters. The Hall–Kier alpha value is -0.530. The number of sulfonamides is 1. The minimum absolute atomic E-state index is 0.0468. The Morgan fingerprint density at radius 3 is 2.70 bits per heavy atom. The molecule has 1 heterocycles. The Kier molecular flexibility index (Phi) is 5.14. The number of hydrogen-bond acceptors (Lipinski definition) is 4. The highest BCUT2D eigenvalue weighted by molar-refractivity contribution is 7.89. The van der Waals surface area contributed by atoms with E-state index in [-0.39, 0.29) is 21.0 Å². The third-order valence-corrected chi connectivity index (χ3v) is 4.97. The second kappa shape index (κ2) is 6.49. The Morgan fingerprint density at radius 1 is 1.35 bits per heavy atom. The van der Waals surface area contributed by atoms with Gasteiger partial charge < -0.3 is 9.47 Å². The van der Waals surface area contributed by atoms with Crippen LogP contribution in [-0.4, -0.2) is 27.7 Å². The van der Waals surface area contributed by atoms with Gasteiger partial charge in [-0.2, -0.15) is 0 Å². The van der Waals surface area contributed by atoms with Crippen molar-refractivity contribution >= 4 is 33.2 Å². The number of halogens is 2. The van der Waals surface area contributed by atoms with Crippen LogP contribution in [0.15, 0.2) is 17.0 Å². The Bertz CT molecular complexity index is 585. The fraction of sp³-hybridized carbons (Fsp3) is 0.500. The molecular weight excluding hydrogens is 325 g/mol. The predicted octanol–water partition coefficient (Wildman–Crippen LogP) is 2.59. The van der Waals surface area contributed by atoms with E-state index >= 15 is 0 Å². The van der Waals surface area contributed by atoms with Crippen LogP contribution in [0.3, 0.4) is 0 Å². The molecule has 1 aromatic rings. The summed E-state index contributed by atoms with van der Waals surface area (Å²) >= 11 is 11.9.